The summed E-state index contributed by atoms with van der Waals surface area (Å²) in [6.07, 6.45) is -6.37. The standard InChI is InChI=1S/C21H16Cl2F5N5O5S/c1-31-9-29-12-2-3-13(17(23)16(12)19(31)34)30-14-6-10(22)7-15(18(14)25)33(38-20(35)21(26,27)28)39(36,37)32-5-4-11(24)8-32/h2-3,6-7,9,11,30H,4-5,8H2,1H3/t11-/m1/s1. The van der Waals surface area contributed by atoms with Crippen LogP contribution in [0, 0.1) is 5.82 Å². The second-order valence-electron chi connectivity index (χ2n) is 8.25. The first-order valence-corrected chi connectivity index (χ1v) is 12.9. The van der Waals surface area contributed by atoms with Gasteiger partial charge in [0, 0.05) is 25.2 Å². The zero-order valence-electron chi connectivity index (χ0n) is 19.5. The van der Waals surface area contributed by atoms with Crippen molar-refractivity contribution in [3.63, 3.8) is 0 Å². The SMILES string of the molecule is Cn1cnc2ccc(Nc3cc(Cl)cc(N(OC(=O)C(F)(F)F)S(=O)(=O)N4CC[C@@H](F)C4)c3F)c(Cl)c2c1=O. The van der Waals surface area contributed by atoms with Gasteiger partial charge in [-0.2, -0.15) is 25.9 Å². The molecule has 39 heavy (non-hydrogen) atoms. The van der Waals surface area contributed by atoms with Crippen LogP contribution in [-0.4, -0.2) is 53.7 Å². The van der Waals surface area contributed by atoms with Crippen molar-refractivity contribution >= 4 is 67.3 Å². The van der Waals surface area contributed by atoms with Crippen molar-refractivity contribution in [2.75, 3.05) is 22.9 Å². The van der Waals surface area contributed by atoms with Crippen LogP contribution in [0.3, 0.4) is 0 Å². The van der Waals surface area contributed by atoms with Crippen LogP contribution in [0.2, 0.25) is 10.0 Å². The number of hydrogen-bond acceptors (Lipinski definition) is 7. The van der Waals surface area contributed by atoms with Gasteiger partial charge in [-0.25, -0.2) is 18.6 Å². The Morgan fingerprint density at radius 3 is 2.54 bits per heavy atom. The third-order valence-electron chi connectivity index (χ3n) is 5.54. The zero-order chi connectivity index (χ0) is 28.9. The summed E-state index contributed by atoms with van der Waals surface area (Å²) in [6.45, 7) is -1.25. The van der Waals surface area contributed by atoms with Crippen molar-refractivity contribution in [3.05, 3.63) is 56.8 Å². The fourth-order valence-electron chi connectivity index (χ4n) is 3.64. The maximum Gasteiger partial charge on any atom is 0.493 e. The molecule has 0 amide bonds. The topological polar surface area (TPSA) is 114 Å². The Balaban J connectivity index is 1.83. The lowest BCUT2D eigenvalue weighted by molar-refractivity contribution is -0.199. The number of aryl methyl sites for hydroxylation is 1. The molecule has 1 atom stereocenters. The van der Waals surface area contributed by atoms with Gasteiger partial charge >= 0.3 is 22.4 Å². The summed E-state index contributed by atoms with van der Waals surface area (Å²) >= 11 is 12.4. The summed E-state index contributed by atoms with van der Waals surface area (Å²) in [4.78, 5) is 32.3. The molecule has 1 fully saturated rings. The third kappa shape index (κ3) is 5.59. The molecular formula is C21H16Cl2F5N5O5S. The lowest BCUT2D eigenvalue weighted by atomic mass is 10.2. The Bertz CT molecular complexity index is 1640. The number of alkyl halides is 4. The van der Waals surface area contributed by atoms with E-state index >= 15 is 4.39 Å². The van der Waals surface area contributed by atoms with E-state index < -0.39 is 73.9 Å². The molecule has 1 aliphatic heterocycles. The molecular weight excluding hydrogens is 600 g/mol. The van der Waals surface area contributed by atoms with E-state index in [0.717, 1.165) is 10.6 Å². The Labute approximate surface area is 226 Å². The maximum atomic E-state index is 15.7. The molecule has 1 saturated heterocycles. The summed E-state index contributed by atoms with van der Waals surface area (Å²) in [5, 5.41) is 1.84. The van der Waals surface area contributed by atoms with Gasteiger partial charge in [0.15, 0.2) is 5.82 Å². The fraction of sp³-hybridized carbons (Fsp3) is 0.286. The maximum absolute atomic E-state index is 15.7. The summed E-state index contributed by atoms with van der Waals surface area (Å²) in [7, 11) is -3.83. The van der Waals surface area contributed by atoms with Crippen molar-refractivity contribution in [3.8, 4) is 0 Å². The largest absolute Gasteiger partial charge is 0.493 e. The van der Waals surface area contributed by atoms with Gasteiger partial charge in [-0.1, -0.05) is 27.7 Å². The average Bonchev–Trinajstić information content (AvgIpc) is 3.30. The number of hydrogen-bond donors (Lipinski definition) is 1. The Morgan fingerprint density at radius 1 is 1.23 bits per heavy atom. The van der Waals surface area contributed by atoms with Crippen LogP contribution in [0.4, 0.5) is 39.0 Å². The average molecular weight is 616 g/mol. The number of nitrogens with one attached hydrogen (secondary N) is 1. The summed E-state index contributed by atoms with van der Waals surface area (Å²) < 4.78 is 95.5. The minimum Gasteiger partial charge on any atom is -0.352 e. The summed E-state index contributed by atoms with van der Waals surface area (Å²) in [5.74, 6) is -4.53. The van der Waals surface area contributed by atoms with Crippen LogP contribution >= 0.6 is 23.2 Å². The first-order chi connectivity index (χ1) is 18.1. The van der Waals surface area contributed by atoms with Crippen LogP contribution in [-0.2, 0) is 26.9 Å². The molecule has 210 valence electrons. The van der Waals surface area contributed by atoms with E-state index in [9.17, 15) is 35.6 Å². The van der Waals surface area contributed by atoms with E-state index in [1.807, 2.05) is 0 Å². The Morgan fingerprint density at radius 2 is 1.92 bits per heavy atom. The molecule has 1 N–H and O–H groups in total. The predicted molar refractivity (Wildman–Crippen MR) is 131 cm³/mol. The van der Waals surface area contributed by atoms with E-state index in [1.54, 1.807) is 0 Å². The molecule has 1 aromatic heterocycles. The van der Waals surface area contributed by atoms with Crippen molar-refractivity contribution in [2.45, 2.75) is 18.8 Å². The molecule has 0 unspecified atom stereocenters. The number of anilines is 3. The van der Waals surface area contributed by atoms with Gasteiger partial charge < -0.3 is 14.7 Å². The van der Waals surface area contributed by atoms with Gasteiger partial charge in [0.25, 0.3) is 5.56 Å². The minimum absolute atomic E-state index is 0.0487. The van der Waals surface area contributed by atoms with Gasteiger partial charge in [-0.3, -0.25) is 4.79 Å². The van der Waals surface area contributed by atoms with Crippen LogP contribution < -0.4 is 15.3 Å². The third-order valence-corrected chi connectivity index (χ3v) is 7.82. The van der Waals surface area contributed by atoms with Crippen LogP contribution in [0.15, 0.2) is 35.4 Å². The van der Waals surface area contributed by atoms with Crippen LogP contribution in [0.5, 0.6) is 0 Å². The lowest BCUT2D eigenvalue weighted by Gasteiger charge is -2.28. The molecule has 2 heterocycles. The van der Waals surface area contributed by atoms with E-state index in [2.05, 4.69) is 15.1 Å². The van der Waals surface area contributed by atoms with Gasteiger partial charge in [0.05, 0.1) is 33.6 Å². The monoisotopic (exact) mass is 615 g/mol. The predicted octanol–water partition coefficient (Wildman–Crippen LogP) is 4.24. The van der Waals surface area contributed by atoms with Crippen molar-refractivity contribution in [1.29, 1.82) is 0 Å². The highest BCUT2D eigenvalue weighted by Gasteiger charge is 2.47. The van der Waals surface area contributed by atoms with Gasteiger partial charge in [-0.15, -0.1) is 0 Å². The number of rotatable bonds is 6. The minimum atomic E-state index is -5.67. The number of fused-ring (bicyclic) bond motifs is 1. The highest BCUT2D eigenvalue weighted by atomic mass is 35.5. The van der Waals surface area contributed by atoms with E-state index in [4.69, 9.17) is 23.2 Å². The van der Waals surface area contributed by atoms with Crippen LogP contribution in [0.25, 0.3) is 10.9 Å². The Kier molecular flexibility index (Phi) is 7.68. The van der Waals surface area contributed by atoms with Gasteiger partial charge in [0.2, 0.25) is 0 Å². The van der Waals surface area contributed by atoms with E-state index in [-0.39, 0.29) is 28.0 Å². The summed E-state index contributed by atoms with van der Waals surface area (Å²) in [5.41, 5.74) is -2.27. The number of carbonyl (C=O) groups is 1. The number of nitrogens with zero attached hydrogens (tertiary/aromatic N) is 4. The first kappa shape index (κ1) is 28.8. The second-order valence-corrected chi connectivity index (χ2v) is 10.8. The normalized spacial score (nSPS) is 16.5. The highest BCUT2D eigenvalue weighted by Crippen LogP contribution is 2.38. The molecule has 0 bridgehead atoms. The molecule has 0 aliphatic carbocycles. The van der Waals surface area contributed by atoms with Gasteiger partial charge in [0.1, 0.15) is 11.9 Å². The number of benzene rings is 2. The number of carbonyl (C=O) groups excluding carboxylic acids is 1. The number of halogens is 7. The lowest BCUT2D eigenvalue weighted by Crippen LogP contribution is -2.46. The number of aromatic nitrogens is 2. The van der Waals surface area contributed by atoms with Crippen molar-refractivity contribution in [2.24, 2.45) is 7.05 Å². The molecule has 0 spiro atoms. The quantitative estimate of drug-likeness (QED) is 0.326. The first-order valence-electron chi connectivity index (χ1n) is 10.7. The summed E-state index contributed by atoms with van der Waals surface area (Å²) in [6, 6.07) is 4.21. The van der Waals surface area contributed by atoms with Crippen molar-refractivity contribution in [1.82, 2.24) is 13.9 Å². The van der Waals surface area contributed by atoms with Crippen molar-refractivity contribution < 1.29 is 40.0 Å². The smallest absolute Gasteiger partial charge is 0.352 e. The second kappa shape index (κ2) is 10.4. The molecule has 2 aromatic carbocycles. The van der Waals surface area contributed by atoms with Gasteiger partial charge in [-0.05, 0) is 30.7 Å². The molecule has 18 heteroatoms. The molecule has 0 radical (unpaired) electrons. The molecule has 10 nitrogen and oxygen atoms in total. The molecule has 1 aliphatic rings. The van der Waals surface area contributed by atoms with Crippen LogP contribution in [0.1, 0.15) is 6.42 Å². The molecule has 4 rings (SSSR count). The van der Waals surface area contributed by atoms with E-state index in [0.29, 0.717) is 10.4 Å². The molecule has 0 saturated carbocycles. The fourth-order valence-corrected chi connectivity index (χ4v) is 5.58. The van der Waals surface area contributed by atoms with E-state index in [1.165, 1.54) is 25.5 Å². The Hall–Kier alpha value is -3.21. The zero-order valence-corrected chi connectivity index (χ0v) is 21.8. The highest BCUT2D eigenvalue weighted by molar-refractivity contribution is 7.90. The molecule has 3 aromatic rings.